The molecule has 2 aliphatic rings. The second kappa shape index (κ2) is 13.2. The summed E-state index contributed by atoms with van der Waals surface area (Å²) in [7, 11) is 0. The molecular weight excluding hydrogens is 562 g/mol. The van der Waals surface area contributed by atoms with Crippen LogP contribution in [0.2, 0.25) is 0 Å². The number of β-lactam (4-membered cyclic amide) rings is 1. The van der Waals surface area contributed by atoms with Crippen LogP contribution in [-0.4, -0.2) is 80.3 Å². The van der Waals surface area contributed by atoms with Crippen molar-refractivity contribution < 1.29 is 33.5 Å². The molecule has 0 bridgehead atoms. The Bertz CT molecular complexity index is 1120. The third kappa shape index (κ3) is 7.33. The maximum atomic E-state index is 13.0. The Morgan fingerprint density at radius 3 is 2.58 bits per heavy atom. The van der Waals surface area contributed by atoms with Crippen LogP contribution in [0.4, 0.5) is 5.13 Å². The lowest BCUT2D eigenvalue weighted by molar-refractivity contribution is -0.171. The Hall–Kier alpha value is -2.95. The Kier molecular flexibility index (Phi) is 10.9. The first kappa shape index (κ1) is 31.3. The predicted octanol–water partition coefficient (Wildman–Crippen LogP) is 0.374. The quantitative estimate of drug-likeness (QED) is 0.0844. The third-order valence-electron chi connectivity index (χ3n) is 5.12. The number of anilines is 1. The predicted molar refractivity (Wildman–Crippen MR) is 142 cm³/mol. The number of nitrogens with zero attached hydrogens (tertiary/aromatic N) is 4. The van der Waals surface area contributed by atoms with Gasteiger partial charge in [0.1, 0.15) is 18.0 Å². The minimum Gasteiger partial charge on any atom is -0.427 e. The summed E-state index contributed by atoms with van der Waals surface area (Å²) in [5.74, 6) is -2.40. The van der Waals surface area contributed by atoms with Gasteiger partial charge in [0.2, 0.25) is 18.3 Å². The number of thioether (sulfide) groups is 1. The number of amides is 2. The number of carbonyl (C=O) groups is 4. The number of fused-ring (bicyclic) bond motifs is 1. The SMILES string of the molecule is CC1S[C@@H]2C(NC(=O)C(=NOCCCN)c3nsc(N)n3)C(=O)N2C=C1C(=O)OCOC(=O)C(C)(C)C.Cl. The highest BCUT2D eigenvalue weighted by Gasteiger charge is 2.52. The molecule has 3 rings (SSSR count). The number of rotatable bonds is 10. The molecule has 3 atom stereocenters. The molecule has 210 valence electrons. The van der Waals surface area contributed by atoms with E-state index < -0.39 is 47.4 Å². The Balaban J connectivity index is 0.00000507. The zero-order chi connectivity index (χ0) is 27.3. The second-order valence-corrected chi connectivity index (χ2v) is 11.3. The van der Waals surface area contributed by atoms with E-state index in [0.29, 0.717) is 13.0 Å². The number of ether oxygens (including phenoxy) is 2. The van der Waals surface area contributed by atoms with Crippen molar-refractivity contribution in [1.29, 1.82) is 0 Å². The van der Waals surface area contributed by atoms with Gasteiger partial charge < -0.3 is 36.0 Å². The highest BCUT2D eigenvalue weighted by Crippen LogP contribution is 2.40. The molecular formula is C21H30ClN7O7S2. The lowest BCUT2D eigenvalue weighted by Crippen LogP contribution is -2.69. The van der Waals surface area contributed by atoms with Crippen molar-refractivity contribution in [3.8, 4) is 0 Å². The monoisotopic (exact) mass is 591 g/mol. The number of hydrogen-bond donors (Lipinski definition) is 3. The molecule has 1 aromatic rings. The minimum atomic E-state index is -0.883. The normalized spacial score (nSPS) is 20.8. The first-order valence-corrected chi connectivity index (χ1v) is 13.0. The summed E-state index contributed by atoms with van der Waals surface area (Å²) in [4.78, 5) is 60.5. The summed E-state index contributed by atoms with van der Waals surface area (Å²) < 4.78 is 14.0. The van der Waals surface area contributed by atoms with Crippen molar-refractivity contribution in [2.45, 2.75) is 50.8 Å². The van der Waals surface area contributed by atoms with Crippen LogP contribution in [-0.2, 0) is 33.5 Å². The van der Waals surface area contributed by atoms with Gasteiger partial charge in [-0.2, -0.15) is 9.36 Å². The molecule has 1 aromatic heterocycles. The highest BCUT2D eigenvalue weighted by atomic mass is 35.5. The van der Waals surface area contributed by atoms with E-state index in [4.69, 9.17) is 25.8 Å². The van der Waals surface area contributed by atoms with Gasteiger partial charge in [0, 0.05) is 23.0 Å². The van der Waals surface area contributed by atoms with Crippen LogP contribution >= 0.6 is 35.7 Å². The summed E-state index contributed by atoms with van der Waals surface area (Å²) in [5.41, 5.74) is 10.3. The van der Waals surface area contributed by atoms with Crippen molar-refractivity contribution >= 4 is 70.3 Å². The van der Waals surface area contributed by atoms with E-state index >= 15 is 0 Å². The third-order valence-corrected chi connectivity index (χ3v) is 7.10. The number of nitrogen functional groups attached to an aromatic ring is 1. The van der Waals surface area contributed by atoms with E-state index in [1.165, 1.54) is 22.9 Å². The largest absolute Gasteiger partial charge is 0.427 e. The smallest absolute Gasteiger partial charge is 0.339 e. The van der Waals surface area contributed by atoms with Gasteiger partial charge >= 0.3 is 11.9 Å². The van der Waals surface area contributed by atoms with Gasteiger partial charge in [-0.25, -0.2) is 4.79 Å². The first-order chi connectivity index (χ1) is 17.4. The zero-order valence-corrected chi connectivity index (χ0v) is 23.6. The van der Waals surface area contributed by atoms with Crippen LogP contribution in [0.5, 0.6) is 0 Å². The van der Waals surface area contributed by atoms with E-state index in [1.54, 1.807) is 27.7 Å². The molecule has 0 saturated carbocycles. The highest BCUT2D eigenvalue weighted by molar-refractivity contribution is 8.00. The fourth-order valence-electron chi connectivity index (χ4n) is 3.08. The van der Waals surface area contributed by atoms with Crippen LogP contribution in [0.1, 0.15) is 39.9 Å². The van der Waals surface area contributed by atoms with Crippen LogP contribution < -0.4 is 16.8 Å². The Morgan fingerprint density at radius 2 is 1.97 bits per heavy atom. The molecule has 1 saturated heterocycles. The van der Waals surface area contributed by atoms with E-state index in [0.717, 1.165) is 11.5 Å². The molecule has 14 nitrogen and oxygen atoms in total. The average Bonchev–Trinajstić information content (AvgIpc) is 3.27. The number of nitrogens with two attached hydrogens (primary N) is 2. The fourth-order valence-corrected chi connectivity index (χ4v) is 4.87. The number of esters is 2. The number of halogens is 1. The molecule has 1 fully saturated rings. The molecule has 2 aliphatic heterocycles. The van der Waals surface area contributed by atoms with Crippen molar-refractivity contribution in [3.05, 3.63) is 17.6 Å². The number of carbonyl (C=O) groups excluding carboxylic acids is 4. The van der Waals surface area contributed by atoms with Gasteiger partial charge in [-0.1, -0.05) is 5.16 Å². The summed E-state index contributed by atoms with van der Waals surface area (Å²) >= 11 is 2.17. The number of hydrogen-bond acceptors (Lipinski definition) is 14. The molecule has 0 spiro atoms. The van der Waals surface area contributed by atoms with Gasteiger partial charge in [0.25, 0.3) is 11.8 Å². The first-order valence-electron chi connectivity index (χ1n) is 11.3. The van der Waals surface area contributed by atoms with Crippen LogP contribution in [0.25, 0.3) is 0 Å². The number of nitrogens with one attached hydrogen (secondary N) is 1. The second-order valence-electron chi connectivity index (χ2n) is 9.05. The Morgan fingerprint density at radius 1 is 1.26 bits per heavy atom. The molecule has 38 heavy (non-hydrogen) atoms. The Labute approximate surface area is 233 Å². The summed E-state index contributed by atoms with van der Waals surface area (Å²) in [6, 6.07) is -0.883. The van der Waals surface area contributed by atoms with Crippen LogP contribution in [0, 0.1) is 5.41 Å². The molecule has 17 heteroatoms. The molecule has 3 heterocycles. The molecule has 2 unspecified atom stereocenters. The van der Waals surface area contributed by atoms with E-state index in [9.17, 15) is 19.2 Å². The van der Waals surface area contributed by atoms with Crippen molar-refractivity contribution in [2.24, 2.45) is 16.3 Å². The number of oxime groups is 1. The topological polar surface area (TPSA) is 201 Å². The molecule has 0 aliphatic carbocycles. The van der Waals surface area contributed by atoms with Crippen molar-refractivity contribution in [2.75, 3.05) is 25.7 Å². The van der Waals surface area contributed by atoms with Crippen LogP contribution in [0.3, 0.4) is 0 Å². The molecule has 0 aromatic carbocycles. The van der Waals surface area contributed by atoms with Crippen LogP contribution in [0.15, 0.2) is 16.9 Å². The minimum absolute atomic E-state index is 0. The molecule has 0 radical (unpaired) electrons. The maximum absolute atomic E-state index is 13.0. The van der Waals surface area contributed by atoms with Crippen molar-refractivity contribution in [3.63, 3.8) is 0 Å². The number of aromatic nitrogens is 2. The van der Waals surface area contributed by atoms with Gasteiger partial charge in [-0.05, 0) is 40.7 Å². The van der Waals surface area contributed by atoms with E-state index in [2.05, 4.69) is 19.8 Å². The van der Waals surface area contributed by atoms with Crippen molar-refractivity contribution in [1.82, 2.24) is 19.6 Å². The summed E-state index contributed by atoms with van der Waals surface area (Å²) in [6.07, 6.45) is 1.91. The van der Waals surface area contributed by atoms with E-state index in [1.807, 2.05) is 0 Å². The van der Waals surface area contributed by atoms with Gasteiger partial charge in [-0.15, -0.1) is 24.2 Å². The average molecular weight is 592 g/mol. The standard InChI is InChI=1S/C21H29N7O7S2.ClH/c1-10-11(18(31)33-9-34-19(32)21(2,3)4)8-28-16(30)13(17(28)36-10)24-15(29)12(26-35-7-5-6-22)14-25-20(23)37-27-14;/h8,10,13,17H,5-7,9,22H2,1-4H3,(H,24,29)(H2,23,25,27);1H/t10?,13?,17-;/m1./s1. The lowest BCUT2D eigenvalue weighted by Gasteiger charge is -2.48. The lowest BCUT2D eigenvalue weighted by atomic mass is 9.98. The maximum Gasteiger partial charge on any atom is 0.339 e. The molecule has 2 amide bonds. The van der Waals surface area contributed by atoms with Gasteiger partial charge in [-0.3, -0.25) is 14.4 Å². The van der Waals surface area contributed by atoms with Gasteiger partial charge in [0.15, 0.2) is 5.13 Å². The summed E-state index contributed by atoms with van der Waals surface area (Å²) in [5, 5.41) is 5.77. The summed E-state index contributed by atoms with van der Waals surface area (Å²) in [6.45, 7) is 6.82. The zero-order valence-electron chi connectivity index (χ0n) is 21.2. The van der Waals surface area contributed by atoms with Gasteiger partial charge in [0.05, 0.1) is 11.0 Å². The molecule has 5 N–H and O–H groups in total. The fraction of sp³-hybridized carbons (Fsp3) is 0.571. The van der Waals surface area contributed by atoms with E-state index in [-0.39, 0.29) is 46.5 Å².